The van der Waals surface area contributed by atoms with Gasteiger partial charge in [0.15, 0.2) is 0 Å². The lowest BCUT2D eigenvalue weighted by Gasteiger charge is -2.40. The summed E-state index contributed by atoms with van der Waals surface area (Å²) in [4.78, 5) is 12.4. The van der Waals surface area contributed by atoms with Gasteiger partial charge in [0.2, 0.25) is 0 Å². The minimum Gasteiger partial charge on any atom is -0.459 e. The fourth-order valence-corrected chi connectivity index (χ4v) is 3.99. The number of carbonyl (C=O) groups is 1. The second-order valence-corrected chi connectivity index (χ2v) is 7.32. The molecule has 2 bridgehead atoms. The number of fused-ring (bicyclic) bond motifs is 2. The van der Waals surface area contributed by atoms with Crippen LogP contribution in [0.1, 0.15) is 47.5 Å². The molecule has 0 N–H and O–H groups in total. The van der Waals surface area contributed by atoms with Crippen molar-refractivity contribution in [2.45, 2.75) is 53.1 Å². The first-order chi connectivity index (χ1) is 8.21. The summed E-state index contributed by atoms with van der Waals surface area (Å²) >= 11 is 0. The highest BCUT2D eigenvalue weighted by atomic mass is 19.1. The maximum atomic E-state index is 13.6. The molecule has 0 spiro atoms. The Bertz CT molecular complexity index is 345. The highest BCUT2D eigenvalue weighted by Crippen LogP contribution is 2.61. The fourth-order valence-electron chi connectivity index (χ4n) is 3.99. The molecule has 0 radical (unpaired) electrons. The SMILES string of the molecule is CC1C2CC(C1C)C(CF)(C(=O)OC(C)(C)C)C2. The molecule has 2 nitrogen and oxygen atoms in total. The predicted molar refractivity (Wildman–Crippen MR) is 68.8 cm³/mol. The number of carbonyl (C=O) groups excluding carboxylic acids is 1. The Morgan fingerprint density at radius 2 is 1.94 bits per heavy atom. The van der Waals surface area contributed by atoms with Crippen LogP contribution in [0.15, 0.2) is 0 Å². The van der Waals surface area contributed by atoms with Gasteiger partial charge in [-0.25, -0.2) is 4.39 Å². The molecule has 2 aliphatic carbocycles. The maximum absolute atomic E-state index is 13.6. The minimum absolute atomic E-state index is 0.164. The van der Waals surface area contributed by atoms with Gasteiger partial charge in [0.1, 0.15) is 12.3 Å². The van der Waals surface area contributed by atoms with E-state index < -0.39 is 17.7 Å². The monoisotopic (exact) mass is 256 g/mol. The van der Waals surface area contributed by atoms with Gasteiger partial charge in [0, 0.05) is 0 Å². The predicted octanol–water partition coefficient (Wildman–Crippen LogP) is 3.60. The van der Waals surface area contributed by atoms with E-state index in [1.165, 1.54) is 0 Å². The summed E-state index contributed by atoms with van der Waals surface area (Å²) < 4.78 is 19.1. The zero-order chi connectivity index (χ0) is 13.7. The zero-order valence-corrected chi connectivity index (χ0v) is 12.1. The van der Waals surface area contributed by atoms with Gasteiger partial charge in [-0.15, -0.1) is 0 Å². The topological polar surface area (TPSA) is 26.3 Å². The summed E-state index contributed by atoms with van der Waals surface area (Å²) in [5.41, 5.74) is -1.39. The highest BCUT2D eigenvalue weighted by molar-refractivity contribution is 5.78. The summed E-state index contributed by atoms with van der Waals surface area (Å²) in [6.45, 7) is 9.35. The number of alkyl halides is 1. The van der Waals surface area contributed by atoms with E-state index >= 15 is 0 Å². The summed E-state index contributed by atoms with van der Waals surface area (Å²) in [5.74, 6) is 1.37. The molecule has 2 fully saturated rings. The van der Waals surface area contributed by atoms with Gasteiger partial charge in [0.25, 0.3) is 0 Å². The first-order valence-electron chi connectivity index (χ1n) is 7.00. The number of hydrogen-bond acceptors (Lipinski definition) is 2. The van der Waals surface area contributed by atoms with Crippen molar-refractivity contribution < 1.29 is 13.9 Å². The molecule has 0 aromatic heterocycles. The molecule has 0 aromatic carbocycles. The van der Waals surface area contributed by atoms with Crippen molar-refractivity contribution in [2.75, 3.05) is 6.67 Å². The van der Waals surface area contributed by atoms with Crippen molar-refractivity contribution in [2.24, 2.45) is 29.1 Å². The number of hydrogen-bond donors (Lipinski definition) is 0. The van der Waals surface area contributed by atoms with Crippen molar-refractivity contribution in [3.8, 4) is 0 Å². The molecule has 0 amide bonds. The van der Waals surface area contributed by atoms with Crippen LogP contribution in [0, 0.1) is 29.1 Å². The molecule has 0 heterocycles. The van der Waals surface area contributed by atoms with Gasteiger partial charge in [-0.2, -0.15) is 0 Å². The van der Waals surface area contributed by atoms with Gasteiger partial charge in [0.05, 0.1) is 5.41 Å². The van der Waals surface area contributed by atoms with Crippen LogP contribution in [0.3, 0.4) is 0 Å². The van der Waals surface area contributed by atoms with Crippen molar-refractivity contribution in [1.82, 2.24) is 0 Å². The Labute approximate surface area is 109 Å². The molecule has 2 saturated carbocycles. The van der Waals surface area contributed by atoms with Gasteiger partial charge >= 0.3 is 5.97 Å². The van der Waals surface area contributed by atoms with Crippen molar-refractivity contribution in [1.29, 1.82) is 0 Å². The third-order valence-corrected chi connectivity index (χ3v) is 5.14. The highest BCUT2D eigenvalue weighted by Gasteiger charge is 2.62. The Morgan fingerprint density at radius 3 is 2.33 bits per heavy atom. The molecular weight excluding hydrogens is 231 g/mol. The van der Waals surface area contributed by atoms with Crippen molar-refractivity contribution in [3.63, 3.8) is 0 Å². The molecule has 18 heavy (non-hydrogen) atoms. The van der Waals surface area contributed by atoms with E-state index in [1.807, 2.05) is 20.8 Å². The Balaban J connectivity index is 2.21. The molecule has 5 atom stereocenters. The van der Waals surface area contributed by atoms with Crippen molar-refractivity contribution >= 4 is 5.97 Å². The van der Waals surface area contributed by atoms with Gasteiger partial charge in [-0.05, 0) is 57.3 Å². The number of halogens is 1. The summed E-state index contributed by atoms with van der Waals surface area (Å²) in [7, 11) is 0. The normalized spacial score (nSPS) is 43.2. The van der Waals surface area contributed by atoms with E-state index in [2.05, 4.69) is 13.8 Å². The molecule has 3 heteroatoms. The third-order valence-electron chi connectivity index (χ3n) is 5.14. The lowest BCUT2D eigenvalue weighted by Crippen LogP contribution is -2.46. The van der Waals surface area contributed by atoms with E-state index in [0.717, 1.165) is 6.42 Å². The van der Waals surface area contributed by atoms with Crippen LogP contribution in [-0.2, 0) is 9.53 Å². The van der Waals surface area contributed by atoms with Gasteiger partial charge in [-0.3, -0.25) is 4.79 Å². The van der Waals surface area contributed by atoms with E-state index in [1.54, 1.807) is 0 Å². The van der Waals surface area contributed by atoms with Crippen molar-refractivity contribution in [3.05, 3.63) is 0 Å². The molecule has 2 aliphatic rings. The van der Waals surface area contributed by atoms with E-state index in [4.69, 9.17) is 4.74 Å². The lowest BCUT2D eigenvalue weighted by molar-refractivity contribution is -0.175. The fraction of sp³-hybridized carbons (Fsp3) is 0.933. The van der Waals surface area contributed by atoms with E-state index in [9.17, 15) is 9.18 Å². The number of ether oxygens (including phenoxy) is 1. The number of esters is 1. The van der Waals surface area contributed by atoms with Crippen LogP contribution in [0.25, 0.3) is 0 Å². The Morgan fingerprint density at radius 1 is 1.33 bits per heavy atom. The molecule has 2 rings (SSSR count). The van der Waals surface area contributed by atoms with Crippen LogP contribution in [0.5, 0.6) is 0 Å². The van der Waals surface area contributed by atoms with Gasteiger partial charge < -0.3 is 4.74 Å². The molecule has 0 saturated heterocycles. The first-order valence-corrected chi connectivity index (χ1v) is 7.00. The quantitative estimate of drug-likeness (QED) is 0.706. The average Bonchev–Trinajstić information content (AvgIpc) is 2.75. The van der Waals surface area contributed by atoms with Crippen LogP contribution >= 0.6 is 0 Å². The average molecular weight is 256 g/mol. The van der Waals surface area contributed by atoms with Crippen LogP contribution < -0.4 is 0 Å². The van der Waals surface area contributed by atoms with Crippen LogP contribution in [-0.4, -0.2) is 18.2 Å². The third kappa shape index (κ3) is 1.96. The van der Waals surface area contributed by atoms with E-state index in [-0.39, 0.29) is 11.9 Å². The summed E-state index contributed by atoms with van der Waals surface area (Å²) in [5, 5.41) is 0. The Kier molecular flexibility index (Phi) is 3.23. The first kappa shape index (κ1) is 13.8. The minimum atomic E-state index is -0.857. The maximum Gasteiger partial charge on any atom is 0.315 e. The largest absolute Gasteiger partial charge is 0.459 e. The molecule has 0 aromatic rings. The van der Waals surface area contributed by atoms with E-state index in [0.29, 0.717) is 24.2 Å². The lowest BCUT2D eigenvalue weighted by atomic mass is 9.66. The summed E-state index contributed by atoms with van der Waals surface area (Å²) in [6.07, 6.45) is 1.67. The number of rotatable bonds is 2. The standard InChI is InChI=1S/C15H25FO2/c1-9-10(2)12-6-11(9)7-15(12,8-16)13(17)18-14(3,4)5/h9-12H,6-8H2,1-5H3. The van der Waals surface area contributed by atoms with Crippen LogP contribution in [0.2, 0.25) is 0 Å². The zero-order valence-electron chi connectivity index (χ0n) is 12.1. The molecule has 0 aliphatic heterocycles. The molecule has 104 valence electrons. The van der Waals surface area contributed by atoms with Gasteiger partial charge in [-0.1, -0.05) is 13.8 Å². The second-order valence-electron chi connectivity index (χ2n) is 7.32. The summed E-state index contributed by atoms with van der Waals surface area (Å²) in [6, 6.07) is 0. The molecular formula is C15H25FO2. The molecule has 5 unspecified atom stereocenters. The van der Waals surface area contributed by atoms with Crippen LogP contribution in [0.4, 0.5) is 4.39 Å². The second kappa shape index (κ2) is 4.21. The smallest absolute Gasteiger partial charge is 0.315 e. The Hall–Kier alpha value is -0.600.